The number of benzene rings is 1. The largest absolute Gasteiger partial charge is 0.465 e. The predicted octanol–water partition coefficient (Wildman–Crippen LogP) is 3.16. The number of hydrogen-bond acceptors (Lipinski definition) is 2. The molecule has 17 heavy (non-hydrogen) atoms. The summed E-state index contributed by atoms with van der Waals surface area (Å²) in [4.78, 5) is 0. The first kappa shape index (κ1) is 11.8. The molecule has 4 heteroatoms. The van der Waals surface area contributed by atoms with Crippen LogP contribution in [0.5, 0.6) is 0 Å². The number of halogens is 2. The molecule has 2 nitrogen and oxygen atoms in total. The maximum absolute atomic E-state index is 13.3. The quantitative estimate of drug-likeness (QED) is 0.883. The molecule has 0 saturated carbocycles. The average Bonchev–Trinajstić information content (AvgIpc) is 2.68. The van der Waals surface area contributed by atoms with Gasteiger partial charge in [-0.25, -0.2) is 8.78 Å². The van der Waals surface area contributed by atoms with Crippen LogP contribution in [0.4, 0.5) is 8.78 Å². The zero-order valence-corrected chi connectivity index (χ0v) is 9.47. The van der Waals surface area contributed by atoms with E-state index in [4.69, 9.17) is 4.42 Å². The molecular weight excluding hydrogens is 224 g/mol. The first-order valence-corrected chi connectivity index (χ1v) is 5.35. The second kappa shape index (κ2) is 5.10. The SMILES string of the molecule is Cc1ccc(CNCc2ccc(F)cc2F)o1. The molecule has 90 valence electrons. The molecular formula is C13H13F2NO. The Morgan fingerprint density at radius 2 is 1.94 bits per heavy atom. The van der Waals surface area contributed by atoms with Gasteiger partial charge in [-0.2, -0.15) is 0 Å². The molecule has 0 saturated heterocycles. The number of nitrogens with one attached hydrogen (secondary N) is 1. The van der Waals surface area contributed by atoms with Crippen molar-refractivity contribution in [3.63, 3.8) is 0 Å². The molecule has 1 aromatic heterocycles. The Kier molecular flexibility index (Phi) is 3.54. The van der Waals surface area contributed by atoms with Crippen molar-refractivity contribution in [1.82, 2.24) is 5.32 Å². The maximum atomic E-state index is 13.3. The molecule has 0 aliphatic rings. The summed E-state index contributed by atoms with van der Waals surface area (Å²) in [6, 6.07) is 7.30. The Hall–Kier alpha value is -1.68. The molecule has 0 spiro atoms. The summed E-state index contributed by atoms with van der Waals surface area (Å²) in [6.07, 6.45) is 0. The predicted molar refractivity (Wildman–Crippen MR) is 60.3 cm³/mol. The van der Waals surface area contributed by atoms with E-state index in [2.05, 4.69) is 5.32 Å². The van der Waals surface area contributed by atoms with Gasteiger partial charge in [0.2, 0.25) is 0 Å². The molecule has 2 aromatic rings. The van der Waals surface area contributed by atoms with Gasteiger partial charge >= 0.3 is 0 Å². The molecule has 0 amide bonds. The minimum Gasteiger partial charge on any atom is -0.465 e. The zero-order valence-electron chi connectivity index (χ0n) is 9.47. The Balaban J connectivity index is 1.90. The standard InChI is InChI=1S/C13H13F2NO/c1-9-2-5-12(17-9)8-16-7-10-3-4-11(14)6-13(10)15/h2-6,16H,7-8H2,1H3. The van der Waals surface area contributed by atoms with Gasteiger partial charge in [-0.05, 0) is 25.1 Å². The van der Waals surface area contributed by atoms with Gasteiger partial charge in [0.1, 0.15) is 23.2 Å². The van der Waals surface area contributed by atoms with Crippen molar-refractivity contribution in [2.75, 3.05) is 0 Å². The van der Waals surface area contributed by atoms with Crippen LogP contribution in [0.2, 0.25) is 0 Å². The Labute approximate surface area is 98.3 Å². The summed E-state index contributed by atoms with van der Waals surface area (Å²) in [7, 11) is 0. The maximum Gasteiger partial charge on any atom is 0.130 e. The van der Waals surface area contributed by atoms with E-state index in [1.165, 1.54) is 12.1 Å². The third-order valence-corrected chi connectivity index (χ3v) is 2.43. The lowest BCUT2D eigenvalue weighted by Crippen LogP contribution is -2.13. The second-order valence-corrected chi connectivity index (χ2v) is 3.85. The fraction of sp³-hybridized carbons (Fsp3) is 0.231. The number of hydrogen-bond donors (Lipinski definition) is 1. The van der Waals surface area contributed by atoms with Gasteiger partial charge in [0.15, 0.2) is 0 Å². The highest BCUT2D eigenvalue weighted by Crippen LogP contribution is 2.10. The lowest BCUT2D eigenvalue weighted by Gasteiger charge is -2.04. The summed E-state index contributed by atoms with van der Waals surface area (Å²) in [5.41, 5.74) is 0.440. The Morgan fingerprint density at radius 3 is 2.59 bits per heavy atom. The molecule has 2 rings (SSSR count). The fourth-order valence-corrected chi connectivity index (χ4v) is 1.57. The van der Waals surface area contributed by atoms with Crippen molar-refractivity contribution >= 4 is 0 Å². The van der Waals surface area contributed by atoms with Gasteiger partial charge < -0.3 is 9.73 Å². The van der Waals surface area contributed by atoms with Crippen LogP contribution in [0, 0.1) is 18.6 Å². The lowest BCUT2D eigenvalue weighted by atomic mass is 10.2. The third kappa shape index (κ3) is 3.14. The van der Waals surface area contributed by atoms with Crippen LogP contribution in [-0.4, -0.2) is 0 Å². The van der Waals surface area contributed by atoms with E-state index in [0.29, 0.717) is 18.7 Å². The lowest BCUT2D eigenvalue weighted by molar-refractivity contribution is 0.459. The first-order chi connectivity index (χ1) is 8.15. The normalized spacial score (nSPS) is 10.8. The topological polar surface area (TPSA) is 25.2 Å². The number of aryl methyl sites for hydroxylation is 1. The van der Waals surface area contributed by atoms with Gasteiger partial charge in [0, 0.05) is 18.2 Å². The summed E-state index contributed by atoms with van der Waals surface area (Å²) in [5.74, 6) is 0.542. The van der Waals surface area contributed by atoms with Crippen LogP contribution in [0.3, 0.4) is 0 Å². The first-order valence-electron chi connectivity index (χ1n) is 5.35. The van der Waals surface area contributed by atoms with Crippen molar-refractivity contribution in [3.8, 4) is 0 Å². The molecule has 1 N–H and O–H groups in total. The van der Waals surface area contributed by atoms with Gasteiger partial charge in [-0.3, -0.25) is 0 Å². The fourth-order valence-electron chi connectivity index (χ4n) is 1.57. The molecule has 0 bridgehead atoms. The Morgan fingerprint density at radius 1 is 1.12 bits per heavy atom. The average molecular weight is 237 g/mol. The number of rotatable bonds is 4. The molecule has 0 atom stereocenters. The summed E-state index contributed by atoms with van der Waals surface area (Å²) in [6.45, 7) is 2.72. The summed E-state index contributed by atoms with van der Waals surface area (Å²) >= 11 is 0. The van der Waals surface area contributed by atoms with E-state index in [1.54, 1.807) is 0 Å². The second-order valence-electron chi connectivity index (χ2n) is 3.85. The van der Waals surface area contributed by atoms with E-state index in [1.807, 2.05) is 19.1 Å². The highest BCUT2D eigenvalue weighted by Gasteiger charge is 2.04. The van der Waals surface area contributed by atoms with E-state index >= 15 is 0 Å². The highest BCUT2D eigenvalue weighted by atomic mass is 19.1. The van der Waals surface area contributed by atoms with Crippen molar-refractivity contribution < 1.29 is 13.2 Å². The van der Waals surface area contributed by atoms with Crippen LogP contribution in [0.15, 0.2) is 34.7 Å². The third-order valence-electron chi connectivity index (χ3n) is 2.43. The summed E-state index contributed by atoms with van der Waals surface area (Å²) in [5, 5.41) is 3.04. The zero-order chi connectivity index (χ0) is 12.3. The van der Waals surface area contributed by atoms with Crippen molar-refractivity contribution in [1.29, 1.82) is 0 Å². The van der Waals surface area contributed by atoms with Gasteiger partial charge in [0.05, 0.1) is 6.54 Å². The molecule has 0 fully saturated rings. The summed E-state index contributed by atoms with van der Waals surface area (Å²) < 4.78 is 31.3. The van der Waals surface area contributed by atoms with Crippen LogP contribution in [0.25, 0.3) is 0 Å². The van der Waals surface area contributed by atoms with E-state index in [0.717, 1.165) is 17.6 Å². The minimum atomic E-state index is -0.562. The van der Waals surface area contributed by atoms with Crippen molar-refractivity contribution in [2.24, 2.45) is 0 Å². The number of furan rings is 1. The highest BCUT2D eigenvalue weighted by molar-refractivity contribution is 5.18. The van der Waals surface area contributed by atoms with E-state index in [9.17, 15) is 8.78 Å². The Bertz CT molecular complexity index is 508. The molecule has 0 unspecified atom stereocenters. The van der Waals surface area contributed by atoms with Crippen LogP contribution in [-0.2, 0) is 13.1 Å². The molecule has 1 heterocycles. The smallest absolute Gasteiger partial charge is 0.130 e. The van der Waals surface area contributed by atoms with Crippen LogP contribution in [0.1, 0.15) is 17.1 Å². The van der Waals surface area contributed by atoms with E-state index < -0.39 is 11.6 Å². The molecule has 0 radical (unpaired) electrons. The van der Waals surface area contributed by atoms with Gasteiger partial charge in [-0.1, -0.05) is 6.07 Å². The van der Waals surface area contributed by atoms with Crippen LogP contribution >= 0.6 is 0 Å². The molecule has 0 aliphatic carbocycles. The van der Waals surface area contributed by atoms with Crippen molar-refractivity contribution in [3.05, 3.63) is 59.1 Å². The van der Waals surface area contributed by atoms with Gasteiger partial charge in [-0.15, -0.1) is 0 Å². The monoisotopic (exact) mass is 237 g/mol. The molecule has 1 aromatic carbocycles. The molecule has 0 aliphatic heterocycles. The van der Waals surface area contributed by atoms with E-state index in [-0.39, 0.29) is 0 Å². The van der Waals surface area contributed by atoms with Gasteiger partial charge in [0.25, 0.3) is 0 Å². The van der Waals surface area contributed by atoms with Crippen LogP contribution < -0.4 is 5.32 Å². The van der Waals surface area contributed by atoms with Crippen molar-refractivity contribution in [2.45, 2.75) is 20.0 Å². The minimum absolute atomic E-state index is 0.339.